The molecule has 2 rings (SSSR count). The predicted molar refractivity (Wildman–Crippen MR) is 117 cm³/mol. The molecular weight excluding hydrogens is 382 g/mol. The summed E-state index contributed by atoms with van der Waals surface area (Å²) in [4.78, 5) is 42.2. The van der Waals surface area contributed by atoms with Gasteiger partial charge in [0.25, 0.3) is 5.91 Å². The second-order valence-corrected chi connectivity index (χ2v) is 7.45. The van der Waals surface area contributed by atoms with Crippen LogP contribution in [-0.2, 0) is 11.3 Å². The van der Waals surface area contributed by atoms with Crippen LogP contribution in [0.3, 0.4) is 0 Å². The Morgan fingerprint density at radius 3 is 2.13 bits per heavy atom. The average Bonchev–Trinajstić information content (AvgIpc) is 2.77. The third-order valence-corrected chi connectivity index (χ3v) is 5.29. The van der Waals surface area contributed by atoms with Crippen LogP contribution in [-0.4, -0.2) is 84.9 Å². The van der Waals surface area contributed by atoms with E-state index in [9.17, 15) is 14.4 Å². The zero-order chi connectivity index (χ0) is 21.9. The molecule has 8 heteroatoms. The van der Waals surface area contributed by atoms with Crippen molar-refractivity contribution in [2.45, 2.75) is 33.7 Å². The Labute approximate surface area is 179 Å². The van der Waals surface area contributed by atoms with Crippen molar-refractivity contribution >= 4 is 17.8 Å². The Morgan fingerprint density at radius 1 is 0.933 bits per heavy atom. The number of piperazine rings is 1. The molecule has 0 aromatic heterocycles. The van der Waals surface area contributed by atoms with E-state index in [0.717, 1.165) is 12.0 Å². The number of carbonyl (C=O) groups excluding carboxylic acids is 3. The summed E-state index contributed by atoms with van der Waals surface area (Å²) in [6.45, 7) is 11.4. The van der Waals surface area contributed by atoms with E-state index in [1.165, 1.54) is 0 Å². The van der Waals surface area contributed by atoms with Gasteiger partial charge in [-0.15, -0.1) is 0 Å². The van der Waals surface area contributed by atoms with E-state index in [1.807, 2.05) is 45.0 Å². The summed E-state index contributed by atoms with van der Waals surface area (Å²) >= 11 is 0. The number of hydrogen-bond acceptors (Lipinski definition) is 4. The summed E-state index contributed by atoms with van der Waals surface area (Å²) in [7, 11) is 0. The molecule has 0 aliphatic carbocycles. The highest BCUT2D eigenvalue weighted by molar-refractivity contribution is 5.94. The highest BCUT2D eigenvalue weighted by Gasteiger charge is 2.22. The average molecular weight is 418 g/mol. The first-order valence-corrected chi connectivity index (χ1v) is 10.9. The topological polar surface area (TPSA) is 85.0 Å². The highest BCUT2D eigenvalue weighted by Crippen LogP contribution is 2.09. The third kappa shape index (κ3) is 7.02. The molecule has 1 aromatic rings. The highest BCUT2D eigenvalue weighted by atomic mass is 16.2. The largest absolute Gasteiger partial charge is 0.355 e. The van der Waals surface area contributed by atoms with E-state index >= 15 is 0 Å². The zero-order valence-corrected chi connectivity index (χ0v) is 18.4. The lowest BCUT2D eigenvalue weighted by Crippen LogP contribution is -2.53. The molecule has 0 radical (unpaired) electrons. The van der Waals surface area contributed by atoms with Crippen molar-refractivity contribution in [3.63, 3.8) is 0 Å². The lowest BCUT2D eigenvalue weighted by atomic mass is 10.1. The lowest BCUT2D eigenvalue weighted by Gasteiger charge is -2.34. The number of rotatable bonds is 9. The summed E-state index contributed by atoms with van der Waals surface area (Å²) in [5, 5.41) is 5.82. The van der Waals surface area contributed by atoms with Gasteiger partial charge in [0.05, 0.1) is 6.54 Å². The van der Waals surface area contributed by atoms with Crippen molar-refractivity contribution in [3.05, 3.63) is 35.4 Å². The first-order chi connectivity index (χ1) is 14.5. The first-order valence-electron chi connectivity index (χ1n) is 10.9. The summed E-state index contributed by atoms with van der Waals surface area (Å²) < 4.78 is 0. The van der Waals surface area contributed by atoms with Gasteiger partial charge in [-0.05, 0) is 38.0 Å². The van der Waals surface area contributed by atoms with Crippen molar-refractivity contribution in [2.24, 2.45) is 0 Å². The molecule has 1 fully saturated rings. The van der Waals surface area contributed by atoms with Gasteiger partial charge in [0.15, 0.2) is 0 Å². The number of benzene rings is 1. The molecule has 0 bridgehead atoms. The number of hydrogen-bond donors (Lipinski definition) is 2. The standard InChI is InChI=1S/C22H35N5O3/c1-4-11-23-20(28)17-25-12-14-27(15-13-25)22(30)24-16-18-7-9-19(10-8-18)21(29)26(5-2)6-3/h7-10H,4-6,11-17H2,1-3H3,(H,23,28)(H,24,30). The molecule has 0 unspecified atom stereocenters. The molecule has 0 spiro atoms. The van der Waals surface area contributed by atoms with Gasteiger partial charge < -0.3 is 20.4 Å². The molecule has 1 aliphatic rings. The van der Waals surface area contributed by atoms with Gasteiger partial charge in [-0.2, -0.15) is 0 Å². The summed E-state index contributed by atoms with van der Waals surface area (Å²) in [5.41, 5.74) is 1.61. The predicted octanol–water partition coefficient (Wildman–Crippen LogP) is 1.52. The van der Waals surface area contributed by atoms with E-state index in [-0.39, 0.29) is 17.8 Å². The van der Waals surface area contributed by atoms with Crippen LogP contribution in [0.2, 0.25) is 0 Å². The van der Waals surface area contributed by atoms with Crippen LogP contribution in [0.15, 0.2) is 24.3 Å². The second kappa shape index (κ2) is 12.2. The van der Waals surface area contributed by atoms with Crippen molar-refractivity contribution in [2.75, 3.05) is 52.4 Å². The maximum Gasteiger partial charge on any atom is 0.317 e. The Balaban J connectivity index is 1.74. The van der Waals surface area contributed by atoms with E-state index in [2.05, 4.69) is 15.5 Å². The van der Waals surface area contributed by atoms with E-state index in [1.54, 1.807) is 9.80 Å². The van der Waals surface area contributed by atoms with Crippen LogP contribution in [0, 0.1) is 0 Å². The maximum absolute atomic E-state index is 12.4. The minimum atomic E-state index is -0.103. The number of urea groups is 1. The minimum absolute atomic E-state index is 0.0248. The molecule has 1 aromatic carbocycles. The Bertz CT molecular complexity index is 695. The van der Waals surface area contributed by atoms with Crippen LogP contribution in [0.1, 0.15) is 43.1 Å². The van der Waals surface area contributed by atoms with Crippen molar-refractivity contribution < 1.29 is 14.4 Å². The smallest absolute Gasteiger partial charge is 0.317 e. The van der Waals surface area contributed by atoms with E-state index < -0.39 is 0 Å². The fraction of sp³-hybridized carbons (Fsp3) is 0.591. The molecule has 0 atom stereocenters. The molecular formula is C22H35N5O3. The molecule has 1 saturated heterocycles. The van der Waals surface area contributed by atoms with Gasteiger partial charge in [0.1, 0.15) is 0 Å². The number of carbonyl (C=O) groups is 3. The Morgan fingerprint density at radius 2 is 1.57 bits per heavy atom. The fourth-order valence-electron chi connectivity index (χ4n) is 3.38. The second-order valence-electron chi connectivity index (χ2n) is 7.45. The number of amides is 4. The van der Waals surface area contributed by atoms with E-state index in [0.29, 0.717) is 64.5 Å². The van der Waals surface area contributed by atoms with Gasteiger partial charge in [-0.25, -0.2) is 4.79 Å². The Kier molecular flexibility index (Phi) is 9.60. The van der Waals surface area contributed by atoms with Gasteiger partial charge in [-0.1, -0.05) is 19.1 Å². The Hall–Kier alpha value is -2.61. The monoisotopic (exact) mass is 417 g/mol. The van der Waals surface area contributed by atoms with Crippen LogP contribution >= 0.6 is 0 Å². The zero-order valence-electron chi connectivity index (χ0n) is 18.4. The molecule has 8 nitrogen and oxygen atoms in total. The lowest BCUT2D eigenvalue weighted by molar-refractivity contribution is -0.122. The molecule has 1 heterocycles. The molecule has 2 N–H and O–H groups in total. The van der Waals surface area contributed by atoms with Crippen LogP contribution in [0.25, 0.3) is 0 Å². The van der Waals surface area contributed by atoms with Crippen LogP contribution in [0.4, 0.5) is 4.79 Å². The van der Waals surface area contributed by atoms with Gasteiger partial charge in [-0.3, -0.25) is 14.5 Å². The quantitative estimate of drug-likeness (QED) is 0.638. The minimum Gasteiger partial charge on any atom is -0.355 e. The molecule has 0 saturated carbocycles. The van der Waals surface area contributed by atoms with Crippen molar-refractivity contribution in [1.29, 1.82) is 0 Å². The van der Waals surface area contributed by atoms with Crippen molar-refractivity contribution in [1.82, 2.24) is 25.3 Å². The SMILES string of the molecule is CCCNC(=O)CN1CCN(C(=O)NCc2ccc(C(=O)N(CC)CC)cc2)CC1. The van der Waals surface area contributed by atoms with Crippen molar-refractivity contribution in [3.8, 4) is 0 Å². The van der Waals surface area contributed by atoms with Gasteiger partial charge in [0, 0.05) is 57.9 Å². The van der Waals surface area contributed by atoms with Crippen LogP contribution < -0.4 is 10.6 Å². The summed E-state index contributed by atoms with van der Waals surface area (Å²) in [6.07, 6.45) is 0.925. The van der Waals surface area contributed by atoms with Gasteiger partial charge in [0.2, 0.25) is 5.91 Å². The van der Waals surface area contributed by atoms with E-state index in [4.69, 9.17) is 0 Å². The molecule has 166 valence electrons. The van der Waals surface area contributed by atoms with Gasteiger partial charge >= 0.3 is 6.03 Å². The molecule has 4 amide bonds. The summed E-state index contributed by atoms with van der Waals surface area (Å²) in [5.74, 6) is 0.0644. The van der Waals surface area contributed by atoms with Crippen LogP contribution in [0.5, 0.6) is 0 Å². The summed E-state index contributed by atoms with van der Waals surface area (Å²) in [6, 6.07) is 7.27. The molecule has 1 aliphatic heterocycles. The third-order valence-electron chi connectivity index (χ3n) is 5.29. The molecule has 30 heavy (non-hydrogen) atoms. The maximum atomic E-state index is 12.4. The number of nitrogens with zero attached hydrogens (tertiary/aromatic N) is 3. The number of nitrogens with one attached hydrogen (secondary N) is 2. The normalized spacial score (nSPS) is 14.3. The first kappa shape index (κ1) is 23.7. The fourth-order valence-corrected chi connectivity index (χ4v) is 3.38.